The highest BCUT2D eigenvalue weighted by Gasteiger charge is 2.30. The number of carbonyl (C=O) groups is 1. The van der Waals surface area contributed by atoms with E-state index in [0.717, 1.165) is 18.3 Å². The second kappa shape index (κ2) is 4.17. The molecular formula is C11H6F3NO3. The first-order valence-corrected chi connectivity index (χ1v) is 4.74. The molecule has 4 nitrogen and oxygen atoms in total. The van der Waals surface area contributed by atoms with E-state index in [1.807, 2.05) is 0 Å². The third-order valence-electron chi connectivity index (χ3n) is 2.19. The molecule has 0 amide bonds. The van der Waals surface area contributed by atoms with Crippen LogP contribution >= 0.6 is 0 Å². The van der Waals surface area contributed by atoms with Crippen molar-refractivity contribution in [1.82, 2.24) is 4.98 Å². The molecule has 0 radical (unpaired) electrons. The number of aromatic nitrogens is 1. The lowest BCUT2D eigenvalue weighted by molar-refractivity contribution is -0.137. The van der Waals surface area contributed by atoms with E-state index in [9.17, 15) is 18.0 Å². The van der Waals surface area contributed by atoms with Crippen molar-refractivity contribution in [3.8, 4) is 11.3 Å². The monoisotopic (exact) mass is 257 g/mol. The lowest BCUT2D eigenvalue weighted by Gasteiger charge is -2.06. The number of hydrogen-bond acceptors (Lipinski definition) is 3. The van der Waals surface area contributed by atoms with Gasteiger partial charge in [0.1, 0.15) is 0 Å². The molecule has 0 atom stereocenters. The fraction of sp³-hybridized carbons (Fsp3) is 0.0909. The van der Waals surface area contributed by atoms with Crippen molar-refractivity contribution in [3.05, 3.63) is 41.9 Å². The number of aromatic carboxylic acids is 1. The van der Waals surface area contributed by atoms with Gasteiger partial charge in [0, 0.05) is 5.56 Å². The van der Waals surface area contributed by atoms with Crippen LogP contribution in [0.3, 0.4) is 0 Å². The molecule has 0 unspecified atom stereocenters. The van der Waals surface area contributed by atoms with Crippen LogP contribution in [0.25, 0.3) is 11.3 Å². The van der Waals surface area contributed by atoms with E-state index in [0.29, 0.717) is 5.56 Å². The van der Waals surface area contributed by atoms with E-state index < -0.39 is 23.6 Å². The molecule has 0 spiro atoms. The third-order valence-corrected chi connectivity index (χ3v) is 2.19. The molecule has 0 saturated carbocycles. The lowest BCUT2D eigenvalue weighted by Crippen LogP contribution is -2.03. The summed E-state index contributed by atoms with van der Waals surface area (Å²) >= 11 is 0. The molecule has 7 heteroatoms. The Hall–Kier alpha value is -2.31. The fourth-order valence-corrected chi connectivity index (χ4v) is 1.33. The van der Waals surface area contributed by atoms with Crippen molar-refractivity contribution < 1.29 is 27.5 Å². The van der Waals surface area contributed by atoms with E-state index in [2.05, 4.69) is 4.98 Å². The summed E-state index contributed by atoms with van der Waals surface area (Å²) in [6.45, 7) is 0. The molecule has 0 aliphatic heterocycles. The number of nitrogens with zero attached hydrogens (tertiary/aromatic N) is 1. The zero-order valence-corrected chi connectivity index (χ0v) is 8.73. The quantitative estimate of drug-likeness (QED) is 0.897. The summed E-state index contributed by atoms with van der Waals surface area (Å²) in [5.41, 5.74) is -0.466. The van der Waals surface area contributed by atoms with Crippen LogP contribution in [-0.4, -0.2) is 16.1 Å². The topological polar surface area (TPSA) is 63.3 Å². The summed E-state index contributed by atoms with van der Waals surface area (Å²) in [6, 6.07) is 4.15. The first-order valence-electron chi connectivity index (χ1n) is 4.74. The minimum Gasteiger partial charge on any atom is -0.474 e. The van der Waals surface area contributed by atoms with Crippen LogP contribution in [0.1, 0.15) is 16.2 Å². The Morgan fingerprint density at radius 2 is 1.83 bits per heavy atom. The van der Waals surface area contributed by atoms with Crippen molar-refractivity contribution in [2.45, 2.75) is 6.18 Å². The molecule has 0 bridgehead atoms. The summed E-state index contributed by atoms with van der Waals surface area (Å²) in [5, 5.41) is 8.59. The van der Waals surface area contributed by atoms with Crippen molar-refractivity contribution in [1.29, 1.82) is 0 Å². The van der Waals surface area contributed by atoms with Gasteiger partial charge in [0.15, 0.2) is 5.76 Å². The molecule has 94 valence electrons. The maximum Gasteiger partial charge on any atom is 0.416 e. The second-order valence-corrected chi connectivity index (χ2v) is 3.41. The minimum absolute atomic E-state index is 0.0983. The number of oxazole rings is 1. The highest BCUT2D eigenvalue weighted by molar-refractivity contribution is 5.82. The smallest absolute Gasteiger partial charge is 0.416 e. The van der Waals surface area contributed by atoms with Gasteiger partial charge in [-0.05, 0) is 12.1 Å². The number of halogens is 3. The van der Waals surface area contributed by atoms with Crippen LogP contribution in [-0.2, 0) is 6.18 Å². The second-order valence-electron chi connectivity index (χ2n) is 3.41. The van der Waals surface area contributed by atoms with Gasteiger partial charge in [-0.1, -0.05) is 12.1 Å². The van der Waals surface area contributed by atoms with Crippen molar-refractivity contribution in [2.75, 3.05) is 0 Å². The van der Waals surface area contributed by atoms with Crippen molar-refractivity contribution >= 4 is 5.97 Å². The standard InChI is InChI=1S/C11H6F3NO3/c12-11(13,14)7-3-1-6(2-4-7)8-5-15-9(18-8)10(16)17/h1-5H,(H,16,17). The van der Waals surface area contributed by atoms with E-state index in [1.54, 1.807) is 0 Å². The molecule has 18 heavy (non-hydrogen) atoms. The van der Waals surface area contributed by atoms with E-state index in [-0.39, 0.29) is 5.76 Å². The van der Waals surface area contributed by atoms with Crippen LogP contribution in [0.4, 0.5) is 13.2 Å². The Morgan fingerprint density at radius 3 is 2.28 bits per heavy atom. The molecular weight excluding hydrogens is 251 g/mol. The Morgan fingerprint density at radius 1 is 1.22 bits per heavy atom. The number of carboxylic acid groups (broad SMARTS) is 1. The zero-order valence-electron chi connectivity index (χ0n) is 8.73. The molecule has 0 aliphatic rings. The predicted molar refractivity (Wildman–Crippen MR) is 53.9 cm³/mol. The Kier molecular flexibility index (Phi) is 2.82. The van der Waals surface area contributed by atoms with Gasteiger partial charge < -0.3 is 9.52 Å². The van der Waals surface area contributed by atoms with Crippen LogP contribution in [0.2, 0.25) is 0 Å². The molecule has 2 rings (SSSR count). The highest BCUT2D eigenvalue weighted by atomic mass is 19.4. The van der Waals surface area contributed by atoms with Crippen LogP contribution < -0.4 is 0 Å². The molecule has 1 heterocycles. The summed E-state index contributed by atoms with van der Waals surface area (Å²) in [5.74, 6) is -1.75. The zero-order chi connectivity index (χ0) is 13.3. The summed E-state index contributed by atoms with van der Waals surface area (Å²) < 4.78 is 41.8. The van der Waals surface area contributed by atoms with E-state index in [4.69, 9.17) is 9.52 Å². The van der Waals surface area contributed by atoms with Crippen molar-refractivity contribution in [2.24, 2.45) is 0 Å². The maximum absolute atomic E-state index is 12.3. The number of hydrogen-bond donors (Lipinski definition) is 1. The summed E-state index contributed by atoms with van der Waals surface area (Å²) in [7, 11) is 0. The van der Waals surface area contributed by atoms with Gasteiger partial charge in [-0.15, -0.1) is 0 Å². The predicted octanol–water partition coefficient (Wildman–Crippen LogP) is 3.06. The summed E-state index contributed by atoms with van der Waals surface area (Å²) in [6.07, 6.45) is -3.27. The van der Waals surface area contributed by atoms with E-state index in [1.165, 1.54) is 12.1 Å². The minimum atomic E-state index is -4.41. The van der Waals surface area contributed by atoms with Crippen LogP contribution in [0.15, 0.2) is 34.9 Å². The van der Waals surface area contributed by atoms with E-state index >= 15 is 0 Å². The van der Waals surface area contributed by atoms with Gasteiger partial charge in [-0.2, -0.15) is 13.2 Å². The van der Waals surface area contributed by atoms with Gasteiger partial charge >= 0.3 is 18.0 Å². The Labute approximate surface area is 98.7 Å². The first-order chi connectivity index (χ1) is 8.38. The van der Waals surface area contributed by atoms with Crippen molar-refractivity contribution in [3.63, 3.8) is 0 Å². The van der Waals surface area contributed by atoms with Crippen LogP contribution in [0.5, 0.6) is 0 Å². The highest BCUT2D eigenvalue weighted by Crippen LogP contribution is 2.31. The van der Waals surface area contributed by atoms with Gasteiger partial charge in [-0.3, -0.25) is 0 Å². The fourth-order valence-electron chi connectivity index (χ4n) is 1.33. The molecule has 1 aromatic carbocycles. The normalized spacial score (nSPS) is 11.5. The number of benzene rings is 1. The SMILES string of the molecule is O=C(O)c1ncc(-c2ccc(C(F)(F)F)cc2)o1. The third kappa shape index (κ3) is 2.34. The Bertz CT molecular complexity index is 572. The van der Waals surface area contributed by atoms with Gasteiger partial charge in [-0.25, -0.2) is 9.78 Å². The molecule has 1 aromatic heterocycles. The number of rotatable bonds is 2. The maximum atomic E-state index is 12.3. The molecule has 0 fully saturated rings. The van der Waals surface area contributed by atoms with Gasteiger partial charge in [0.05, 0.1) is 11.8 Å². The Balaban J connectivity index is 2.31. The summed E-state index contributed by atoms with van der Waals surface area (Å²) in [4.78, 5) is 14.0. The largest absolute Gasteiger partial charge is 0.474 e. The van der Waals surface area contributed by atoms with Crippen LogP contribution in [0, 0.1) is 0 Å². The molecule has 0 aliphatic carbocycles. The molecule has 1 N–H and O–H groups in total. The van der Waals surface area contributed by atoms with Gasteiger partial charge in [0.2, 0.25) is 0 Å². The van der Waals surface area contributed by atoms with Gasteiger partial charge in [0.25, 0.3) is 0 Å². The number of alkyl halides is 3. The lowest BCUT2D eigenvalue weighted by atomic mass is 10.1. The average Bonchev–Trinajstić information content (AvgIpc) is 2.77. The first kappa shape index (κ1) is 12.2. The average molecular weight is 257 g/mol. The molecule has 0 saturated heterocycles. The molecule has 2 aromatic rings. The number of carboxylic acids is 1.